The summed E-state index contributed by atoms with van der Waals surface area (Å²) in [4.78, 5) is 29.8. The lowest BCUT2D eigenvalue weighted by molar-refractivity contribution is -0.140. The summed E-state index contributed by atoms with van der Waals surface area (Å²) < 4.78 is 0. The molecule has 5 nitrogen and oxygen atoms in total. The van der Waals surface area contributed by atoms with Gasteiger partial charge < -0.3 is 10.2 Å². The Morgan fingerprint density at radius 3 is 2.52 bits per heavy atom. The molecule has 2 fully saturated rings. The zero-order valence-corrected chi connectivity index (χ0v) is 20.2. The van der Waals surface area contributed by atoms with Crippen molar-refractivity contribution in [3.8, 4) is 0 Å². The van der Waals surface area contributed by atoms with Crippen LogP contribution < -0.4 is 5.32 Å². The average Bonchev–Trinajstić information content (AvgIpc) is 3.36. The molecule has 0 aromatic heterocycles. The van der Waals surface area contributed by atoms with Crippen LogP contribution in [0.3, 0.4) is 0 Å². The fraction of sp³-hybridized carbons (Fsp3) is 0.481. The number of nitrogens with zero attached hydrogens (tertiary/aromatic N) is 2. The Kier molecular flexibility index (Phi) is 8.05. The lowest BCUT2D eigenvalue weighted by Crippen LogP contribution is -2.54. The van der Waals surface area contributed by atoms with E-state index in [0.29, 0.717) is 36.0 Å². The molecule has 0 radical (unpaired) electrons. The second-order valence-electron chi connectivity index (χ2n) is 9.41. The third-order valence-corrected chi connectivity index (χ3v) is 7.38. The van der Waals surface area contributed by atoms with Crippen LogP contribution in [0, 0.1) is 5.92 Å². The summed E-state index contributed by atoms with van der Waals surface area (Å²) in [6.45, 7) is 5.30. The molecular weight excluding hydrogens is 434 g/mol. The first kappa shape index (κ1) is 23.8. The highest BCUT2D eigenvalue weighted by Gasteiger charge is 2.33. The smallest absolute Gasteiger partial charge is 0.226 e. The Morgan fingerprint density at radius 1 is 1.03 bits per heavy atom. The fourth-order valence-corrected chi connectivity index (χ4v) is 5.30. The molecule has 1 saturated carbocycles. The van der Waals surface area contributed by atoms with Crippen LogP contribution >= 0.6 is 11.6 Å². The van der Waals surface area contributed by atoms with Crippen LogP contribution in [0.2, 0.25) is 5.02 Å². The predicted octanol–water partition coefficient (Wildman–Crippen LogP) is 5.13. The minimum atomic E-state index is -0.0365. The molecule has 0 bridgehead atoms. The lowest BCUT2D eigenvalue weighted by atomic mass is 10.0. The highest BCUT2D eigenvalue weighted by atomic mass is 35.5. The quantitative estimate of drug-likeness (QED) is 0.613. The number of hydrogen-bond donors (Lipinski definition) is 1. The number of carbonyl (C=O) groups excluding carboxylic acids is 2. The van der Waals surface area contributed by atoms with Gasteiger partial charge >= 0.3 is 0 Å². The van der Waals surface area contributed by atoms with Crippen LogP contribution in [0.5, 0.6) is 0 Å². The standard InChI is InChI=1S/C27H34ClN3O2/c1-20-18-30(16-17-31(20)27(33)22-10-5-6-11-22)19-23-12-7-13-24(26(23)28)29-25(32)15-14-21-8-3-2-4-9-21/h2-4,7-9,12-13,20,22H,5-6,10-11,14-19H2,1H3,(H,29,32)/t20-/m0/s1. The number of amides is 2. The highest BCUT2D eigenvalue weighted by Crippen LogP contribution is 2.30. The van der Waals surface area contributed by atoms with Gasteiger partial charge in [0.05, 0.1) is 10.7 Å². The molecule has 1 saturated heterocycles. The summed E-state index contributed by atoms with van der Waals surface area (Å²) in [5.41, 5.74) is 2.81. The monoisotopic (exact) mass is 467 g/mol. The maximum atomic E-state index is 12.9. The molecular formula is C27H34ClN3O2. The largest absolute Gasteiger partial charge is 0.337 e. The summed E-state index contributed by atoms with van der Waals surface area (Å²) in [7, 11) is 0. The van der Waals surface area contributed by atoms with Crippen molar-refractivity contribution < 1.29 is 9.59 Å². The molecule has 2 aliphatic rings. The third kappa shape index (κ3) is 6.15. The highest BCUT2D eigenvalue weighted by molar-refractivity contribution is 6.34. The molecule has 0 unspecified atom stereocenters. The predicted molar refractivity (Wildman–Crippen MR) is 133 cm³/mol. The van der Waals surface area contributed by atoms with E-state index in [9.17, 15) is 9.59 Å². The minimum absolute atomic E-state index is 0.0365. The molecule has 2 aromatic rings. The first-order chi connectivity index (χ1) is 16.0. The summed E-state index contributed by atoms with van der Waals surface area (Å²) >= 11 is 6.68. The van der Waals surface area contributed by atoms with Crippen molar-refractivity contribution in [1.29, 1.82) is 0 Å². The summed E-state index contributed by atoms with van der Waals surface area (Å²) in [6, 6.07) is 16.0. The Morgan fingerprint density at radius 2 is 1.79 bits per heavy atom. The van der Waals surface area contributed by atoms with Gasteiger partial charge in [-0.15, -0.1) is 0 Å². The Balaban J connectivity index is 1.31. The molecule has 33 heavy (non-hydrogen) atoms. The topological polar surface area (TPSA) is 52.7 Å². The number of piperazine rings is 1. The number of carbonyl (C=O) groups is 2. The van der Waals surface area contributed by atoms with Gasteiger partial charge in [-0.3, -0.25) is 14.5 Å². The van der Waals surface area contributed by atoms with Gasteiger partial charge in [-0.2, -0.15) is 0 Å². The van der Waals surface area contributed by atoms with Gasteiger partial charge in [-0.1, -0.05) is 66.9 Å². The molecule has 1 aliphatic heterocycles. The Hall–Kier alpha value is -2.37. The molecule has 2 amide bonds. The molecule has 1 aliphatic carbocycles. The van der Waals surface area contributed by atoms with E-state index in [-0.39, 0.29) is 17.9 Å². The molecule has 0 spiro atoms. The number of hydrogen-bond acceptors (Lipinski definition) is 3. The second-order valence-corrected chi connectivity index (χ2v) is 9.79. The van der Waals surface area contributed by atoms with E-state index in [4.69, 9.17) is 11.6 Å². The summed E-state index contributed by atoms with van der Waals surface area (Å²) in [5.74, 6) is 0.541. The van der Waals surface area contributed by atoms with Gasteiger partial charge in [-0.05, 0) is 43.4 Å². The molecule has 1 atom stereocenters. The number of aryl methyl sites for hydroxylation is 1. The fourth-order valence-electron chi connectivity index (χ4n) is 5.07. The van der Waals surface area contributed by atoms with Gasteiger partial charge in [-0.25, -0.2) is 0 Å². The lowest BCUT2D eigenvalue weighted by Gasteiger charge is -2.41. The first-order valence-corrected chi connectivity index (χ1v) is 12.5. The van der Waals surface area contributed by atoms with Crippen molar-refractivity contribution in [2.45, 2.75) is 58.0 Å². The van der Waals surface area contributed by atoms with Crippen LogP contribution in [-0.4, -0.2) is 47.3 Å². The van der Waals surface area contributed by atoms with E-state index in [1.54, 1.807) is 0 Å². The second kappa shape index (κ2) is 11.2. The Bertz CT molecular complexity index is 959. The molecule has 1 heterocycles. The molecule has 176 valence electrons. The zero-order chi connectivity index (χ0) is 23.2. The number of anilines is 1. The minimum Gasteiger partial charge on any atom is -0.337 e. The average molecular weight is 468 g/mol. The number of rotatable bonds is 7. The number of benzene rings is 2. The van der Waals surface area contributed by atoms with Gasteiger partial charge in [0.2, 0.25) is 11.8 Å². The van der Waals surface area contributed by atoms with Gasteiger partial charge in [0.25, 0.3) is 0 Å². The molecule has 6 heteroatoms. The van der Waals surface area contributed by atoms with Crippen molar-refractivity contribution >= 4 is 29.1 Å². The third-order valence-electron chi connectivity index (χ3n) is 6.93. The number of nitrogens with one attached hydrogen (secondary N) is 1. The van der Waals surface area contributed by atoms with Crippen LogP contribution in [0.15, 0.2) is 48.5 Å². The van der Waals surface area contributed by atoms with Crippen LogP contribution in [-0.2, 0) is 22.6 Å². The van der Waals surface area contributed by atoms with E-state index in [2.05, 4.69) is 22.0 Å². The normalized spacial score (nSPS) is 19.6. The molecule has 4 rings (SSSR count). The SMILES string of the molecule is C[C@H]1CN(Cc2cccc(NC(=O)CCc3ccccc3)c2Cl)CCN1C(=O)C1CCCC1. The summed E-state index contributed by atoms with van der Waals surface area (Å²) in [5, 5.41) is 3.58. The van der Waals surface area contributed by atoms with E-state index >= 15 is 0 Å². The Labute approximate surface area is 202 Å². The zero-order valence-electron chi connectivity index (χ0n) is 19.4. The van der Waals surface area contributed by atoms with Gasteiger partial charge in [0, 0.05) is 44.6 Å². The van der Waals surface area contributed by atoms with Crippen LogP contribution in [0.4, 0.5) is 5.69 Å². The van der Waals surface area contributed by atoms with E-state index in [1.807, 2.05) is 48.5 Å². The van der Waals surface area contributed by atoms with E-state index < -0.39 is 0 Å². The van der Waals surface area contributed by atoms with Crippen molar-refractivity contribution in [2.24, 2.45) is 5.92 Å². The van der Waals surface area contributed by atoms with Crippen molar-refractivity contribution in [3.05, 3.63) is 64.7 Å². The van der Waals surface area contributed by atoms with Crippen molar-refractivity contribution in [3.63, 3.8) is 0 Å². The van der Waals surface area contributed by atoms with Crippen molar-refractivity contribution in [2.75, 3.05) is 25.0 Å². The number of halogens is 1. The van der Waals surface area contributed by atoms with E-state index in [0.717, 1.165) is 43.6 Å². The molecule has 2 aromatic carbocycles. The summed E-state index contributed by atoms with van der Waals surface area (Å²) in [6.07, 6.45) is 5.58. The van der Waals surface area contributed by atoms with Crippen LogP contribution in [0.1, 0.15) is 50.2 Å². The first-order valence-electron chi connectivity index (χ1n) is 12.2. The van der Waals surface area contributed by atoms with Crippen molar-refractivity contribution in [1.82, 2.24) is 9.80 Å². The van der Waals surface area contributed by atoms with Gasteiger partial charge in [0.15, 0.2) is 0 Å². The van der Waals surface area contributed by atoms with Gasteiger partial charge in [0.1, 0.15) is 0 Å². The maximum Gasteiger partial charge on any atom is 0.226 e. The van der Waals surface area contributed by atoms with Crippen LogP contribution in [0.25, 0.3) is 0 Å². The maximum absolute atomic E-state index is 12.9. The molecule has 1 N–H and O–H groups in total. The van der Waals surface area contributed by atoms with E-state index in [1.165, 1.54) is 12.8 Å².